The van der Waals surface area contributed by atoms with Gasteiger partial charge in [-0.05, 0) is 37.3 Å². The number of rotatable bonds is 6. The Morgan fingerprint density at radius 2 is 1.80 bits per heavy atom. The van der Waals surface area contributed by atoms with Gasteiger partial charge in [0.05, 0.1) is 36.6 Å². The van der Waals surface area contributed by atoms with Gasteiger partial charge in [-0.15, -0.1) is 0 Å². The SMILES string of the molecule is COc1cc(OC)c(NC(=O)C(C)Oc2ccc(C#N)cc2)cc1Cl. The maximum atomic E-state index is 12.4. The van der Waals surface area contributed by atoms with E-state index < -0.39 is 6.10 Å². The molecule has 25 heavy (non-hydrogen) atoms. The number of benzene rings is 2. The number of nitrogens with one attached hydrogen (secondary N) is 1. The summed E-state index contributed by atoms with van der Waals surface area (Å²) in [5.74, 6) is 0.976. The van der Waals surface area contributed by atoms with Crippen LogP contribution in [-0.2, 0) is 4.79 Å². The van der Waals surface area contributed by atoms with E-state index in [4.69, 9.17) is 31.1 Å². The third-order valence-electron chi connectivity index (χ3n) is 3.40. The number of nitrogens with zero attached hydrogens (tertiary/aromatic N) is 1. The minimum Gasteiger partial charge on any atom is -0.495 e. The van der Waals surface area contributed by atoms with Crippen molar-refractivity contribution >= 4 is 23.2 Å². The van der Waals surface area contributed by atoms with Crippen LogP contribution in [-0.4, -0.2) is 26.2 Å². The smallest absolute Gasteiger partial charge is 0.265 e. The minimum absolute atomic E-state index is 0.347. The molecule has 1 atom stereocenters. The third-order valence-corrected chi connectivity index (χ3v) is 3.69. The monoisotopic (exact) mass is 360 g/mol. The fourth-order valence-corrected chi connectivity index (χ4v) is 2.30. The van der Waals surface area contributed by atoms with Crippen molar-refractivity contribution in [1.29, 1.82) is 5.26 Å². The molecule has 0 saturated heterocycles. The number of carbonyl (C=O) groups excluding carboxylic acids is 1. The summed E-state index contributed by atoms with van der Waals surface area (Å²) in [6.45, 7) is 1.62. The number of hydrogen-bond donors (Lipinski definition) is 1. The number of amides is 1. The lowest BCUT2D eigenvalue weighted by molar-refractivity contribution is -0.122. The molecule has 0 saturated carbocycles. The molecule has 0 bridgehead atoms. The van der Waals surface area contributed by atoms with Crippen LogP contribution in [0, 0.1) is 11.3 Å². The quantitative estimate of drug-likeness (QED) is 0.850. The van der Waals surface area contributed by atoms with Crippen LogP contribution >= 0.6 is 11.6 Å². The summed E-state index contributed by atoms with van der Waals surface area (Å²) in [5.41, 5.74) is 0.927. The molecule has 2 aromatic rings. The second kappa shape index (κ2) is 8.27. The molecule has 0 aromatic heterocycles. The molecule has 0 fully saturated rings. The average molecular weight is 361 g/mol. The van der Waals surface area contributed by atoms with Crippen LogP contribution in [0.5, 0.6) is 17.2 Å². The van der Waals surface area contributed by atoms with E-state index in [9.17, 15) is 4.79 Å². The zero-order valence-corrected chi connectivity index (χ0v) is 14.8. The first-order valence-corrected chi connectivity index (χ1v) is 7.75. The number of hydrogen-bond acceptors (Lipinski definition) is 5. The van der Waals surface area contributed by atoms with Crippen LogP contribution in [0.25, 0.3) is 0 Å². The highest BCUT2D eigenvalue weighted by molar-refractivity contribution is 6.32. The standard InChI is InChI=1S/C18H17ClN2O4/c1-11(25-13-6-4-12(10-20)5-7-13)18(22)21-15-8-14(19)16(23-2)9-17(15)24-3/h4-9,11H,1-3H3,(H,21,22). The highest BCUT2D eigenvalue weighted by Gasteiger charge is 2.18. The summed E-state index contributed by atoms with van der Waals surface area (Å²) in [5, 5.41) is 11.8. The predicted molar refractivity (Wildman–Crippen MR) is 94.4 cm³/mol. The molecule has 0 aliphatic rings. The van der Waals surface area contributed by atoms with Crippen LogP contribution in [0.2, 0.25) is 5.02 Å². The molecular formula is C18H17ClN2O4. The van der Waals surface area contributed by atoms with Crippen LogP contribution in [0.4, 0.5) is 5.69 Å². The Morgan fingerprint density at radius 3 is 2.36 bits per heavy atom. The summed E-state index contributed by atoms with van der Waals surface area (Å²) in [6, 6.07) is 11.7. The summed E-state index contributed by atoms with van der Waals surface area (Å²) in [4.78, 5) is 12.4. The third kappa shape index (κ3) is 4.55. The van der Waals surface area contributed by atoms with Crippen molar-refractivity contribution in [1.82, 2.24) is 0 Å². The number of halogens is 1. The molecule has 0 radical (unpaired) electrons. The summed E-state index contributed by atoms with van der Waals surface area (Å²) >= 11 is 6.09. The molecule has 0 aliphatic carbocycles. The Kier molecular flexibility index (Phi) is 6.09. The molecule has 1 amide bonds. The molecular weight excluding hydrogens is 344 g/mol. The number of nitriles is 1. The summed E-state index contributed by atoms with van der Waals surface area (Å²) in [6.07, 6.45) is -0.765. The number of anilines is 1. The van der Waals surface area contributed by atoms with E-state index in [1.54, 1.807) is 43.3 Å². The molecule has 0 heterocycles. The average Bonchev–Trinajstić information content (AvgIpc) is 2.62. The van der Waals surface area contributed by atoms with Crippen LogP contribution in [0.1, 0.15) is 12.5 Å². The van der Waals surface area contributed by atoms with Gasteiger partial charge >= 0.3 is 0 Å². The molecule has 0 aliphatic heterocycles. The Labute approximate surface area is 150 Å². The van der Waals surface area contributed by atoms with Gasteiger partial charge in [-0.2, -0.15) is 5.26 Å². The van der Waals surface area contributed by atoms with Crippen molar-refractivity contribution in [3.8, 4) is 23.3 Å². The van der Waals surface area contributed by atoms with E-state index in [0.717, 1.165) is 0 Å². The van der Waals surface area contributed by atoms with Crippen LogP contribution in [0.15, 0.2) is 36.4 Å². The summed E-state index contributed by atoms with van der Waals surface area (Å²) < 4.78 is 15.9. The Hall–Kier alpha value is -2.91. The molecule has 1 N–H and O–H groups in total. The van der Waals surface area contributed by atoms with Crippen LogP contribution in [0.3, 0.4) is 0 Å². The molecule has 2 aromatic carbocycles. The topological polar surface area (TPSA) is 80.6 Å². The maximum Gasteiger partial charge on any atom is 0.265 e. The van der Waals surface area contributed by atoms with Gasteiger partial charge in [-0.25, -0.2) is 0 Å². The molecule has 2 rings (SSSR count). The van der Waals surface area contributed by atoms with Crippen molar-refractivity contribution in [3.63, 3.8) is 0 Å². The van der Waals surface area contributed by atoms with Gasteiger partial charge in [0.15, 0.2) is 6.10 Å². The van der Waals surface area contributed by atoms with Gasteiger partial charge in [-0.1, -0.05) is 11.6 Å². The summed E-state index contributed by atoms with van der Waals surface area (Å²) in [7, 11) is 2.97. The van der Waals surface area contributed by atoms with Crippen molar-refractivity contribution < 1.29 is 19.0 Å². The molecule has 7 heteroatoms. The number of carbonyl (C=O) groups is 1. The first-order valence-electron chi connectivity index (χ1n) is 7.37. The van der Waals surface area contributed by atoms with E-state index in [1.165, 1.54) is 14.2 Å². The lowest BCUT2D eigenvalue weighted by Gasteiger charge is -2.17. The van der Waals surface area contributed by atoms with Gasteiger partial charge in [0, 0.05) is 6.07 Å². The second-order valence-electron chi connectivity index (χ2n) is 5.07. The lowest BCUT2D eigenvalue weighted by atomic mass is 10.2. The Morgan fingerprint density at radius 1 is 1.16 bits per heavy atom. The zero-order valence-electron chi connectivity index (χ0n) is 14.0. The molecule has 0 spiro atoms. The number of ether oxygens (including phenoxy) is 3. The lowest BCUT2D eigenvalue weighted by Crippen LogP contribution is -2.30. The largest absolute Gasteiger partial charge is 0.495 e. The normalized spacial score (nSPS) is 11.2. The van der Waals surface area contributed by atoms with Crippen LogP contribution < -0.4 is 19.5 Å². The Bertz CT molecular complexity index is 800. The minimum atomic E-state index is -0.765. The van der Waals surface area contributed by atoms with Crippen molar-refractivity contribution in [3.05, 3.63) is 47.0 Å². The van der Waals surface area contributed by atoms with Gasteiger partial charge < -0.3 is 19.5 Å². The molecule has 130 valence electrons. The van der Waals surface area contributed by atoms with Crippen molar-refractivity contribution in [2.45, 2.75) is 13.0 Å². The van der Waals surface area contributed by atoms with E-state index >= 15 is 0 Å². The fraction of sp³-hybridized carbons (Fsp3) is 0.222. The van der Waals surface area contributed by atoms with Crippen molar-refractivity contribution in [2.24, 2.45) is 0 Å². The predicted octanol–water partition coefficient (Wildman–Crippen LogP) is 3.63. The van der Waals surface area contributed by atoms with Gasteiger partial charge in [0.2, 0.25) is 0 Å². The van der Waals surface area contributed by atoms with Gasteiger partial charge in [0.25, 0.3) is 5.91 Å². The highest BCUT2D eigenvalue weighted by Crippen LogP contribution is 2.36. The first-order chi connectivity index (χ1) is 12.0. The van der Waals surface area contributed by atoms with Gasteiger partial charge in [0.1, 0.15) is 17.2 Å². The van der Waals surface area contributed by atoms with E-state index in [-0.39, 0.29) is 5.91 Å². The second-order valence-corrected chi connectivity index (χ2v) is 5.48. The molecule has 1 unspecified atom stereocenters. The molecule has 6 nitrogen and oxygen atoms in total. The van der Waals surface area contributed by atoms with E-state index in [2.05, 4.69) is 5.32 Å². The number of methoxy groups -OCH3 is 2. The highest BCUT2D eigenvalue weighted by atomic mass is 35.5. The maximum absolute atomic E-state index is 12.4. The first kappa shape index (κ1) is 18.4. The zero-order chi connectivity index (χ0) is 18.4. The van der Waals surface area contributed by atoms with Gasteiger partial charge in [-0.3, -0.25) is 4.79 Å². The fourth-order valence-electron chi connectivity index (χ4n) is 2.06. The Balaban J connectivity index is 2.10. The van der Waals surface area contributed by atoms with E-state index in [1.807, 2.05) is 6.07 Å². The van der Waals surface area contributed by atoms with E-state index in [0.29, 0.717) is 33.5 Å². The van der Waals surface area contributed by atoms with Crippen molar-refractivity contribution in [2.75, 3.05) is 19.5 Å².